The maximum atomic E-state index is 12.3. The molecule has 1 fully saturated rings. The van der Waals surface area contributed by atoms with Crippen LogP contribution in [0.4, 0.5) is 0 Å². The molecule has 0 aromatic carbocycles. The van der Waals surface area contributed by atoms with Gasteiger partial charge in [0, 0.05) is 5.41 Å². The lowest BCUT2D eigenvalue weighted by Crippen LogP contribution is -2.75. The van der Waals surface area contributed by atoms with Gasteiger partial charge in [0.15, 0.2) is 0 Å². The van der Waals surface area contributed by atoms with Gasteiger partial charge < -0.3 is 0 Å². The highest BCUT2D eigenvalue weighted by atomic mass is 16.2. The van der Waals surface area contributed by atoms with Gasteiger partial charge in [-0.2, -0.15) is 0 Å². The van der Waals surface area contributed by atoms with Crippen molar-refractivity contribution in [2.24, 2.45) is 10.8 Å². The monoisotopic (exact) mass is 225 g/mol. The molecule has 0 aromatic rings. The molecule has 92 valence electrons. The third-order valence-electron chi connectivity index (χ3n) is 4.49. The summed E-state index contributed by atoms with van der Waals surface area (Å²) in [5, 5.41) is 0. The normalized spacial score (nSPS) is 22.9. The summed E-state index contributed by atoms with van der Waals surface area (Å²) in [6, 6.07) is 0. The zero-order chi connectivity index (χ0) is 12.9. The Morgan fingerprint density at radius 2 is 1.69 bits per heavy atom. The van der Waals surface area contributed by atoms with Gasteiger partial charge in [0.2, 0.25) is 11.8 Å². The molecule has 3 heteroatoms. The molecule has 0 saturated carbocycles. The molecule has 1 heterocycles. The Morgan fingerprint density at radius 1 is 1.25 bits per heavy atom. The van der Waals surface area contributed by atoms with E-state index in [1.807, 2.05) is 48.5 Å². The lowest BCUT2D eigenvalue weighted by molar-refractivity contribution is -0.192. The van der Waals surface area contributed by atoms with Gasteiger partial charge in [-0.3, -0.25) is 14.5 Å². The van der Waals surface area contributed by atoms with Crippen LogP contribution < -0.4 is 0 Å². The zero-order valence-corrected chi connectivity index (χ0v) is 11.5. The lowest BCUT2D eigenvalue weighted by Gasteiger charge is -2.59. The van der Waals surface area contributed by atoms with Crippen LogP contribution in [0.5, 0.6) is 0 Å². The minimum Gasteiger partial charge on any atom is -0.275 e. The lowest BCUT2D eigenvalue weighted by atomic mass is 9.63. The highest BCUT2D eigenvalue weighted by Crippen LogP contribution is 2.49. The minimum absolute atomic E-state index is 0.0516. The van der Waals surface area contributed by atoms with Crippen LogP contribution in [-0.2, 0) is 9.59 Å². The van der Waals surface area contributed by atoms with Gasteiger partial charge in [-0.1, -0.05) is 20.8 Å². The smallest absolute Gasteiger partial charge is 0.237 e. The molecule has 0 aromatic heterocycles. The Kier molecular flexibility index (Phi) is 2.74. The molecule has 1 saturated heterocycles. The number of carbonyl (C=O) groups is 2. The predicted octanol–water partition coefficient (Wildman–Crippen LogP) is 2.60. The number of likely N-dealkylation sites (tertiary alicyclic amines) is 1. The van der Waals surface area contributed by atoms with Gasteiger partial charge in [-0.05, 0) is 34.1 Å². The van der Waals surface area contributed by atoms with Crippen LogP contribution in [0.2, 0.25) is 0 Å². The molecule has 0 aliphatic carbocycles. The van der Waals surface area contributed by atoms with Crippen molar-refractivity contribution in [3.63, 3.8) is 0 Å². The highest BCUT2D eigenvalue weighted by molar-refractivity contribution is 6.06. The zero-order valence-electron chi connectivity index (χ0n) is 11.5. The average molecular weight is 225 g/mol. The molecule has 0 unspecified atom stereocenters. The van der Waals surface area contributed by atoms with E-state index in [1.165, 1.54) is 4.90 Å². The van der Waals surface area contributed by atoms with E-state index >= 15 is 0 Å². The molecule has 0 radical (unpaired) electrons. The van der Waals surface area contributed by atoms with Crippen molar-refractivity contribution in [3.8, 4) is 0 Å². The number of β-lactam (4-membered cyclic amide) rings is 1. The van der Waals surface area contributed by atoms with E-state index in [9.17, 15) is 9.59 Å². The van der Waals surface area contributed by atoms with Crippen molar-refractivity contribution in [2.75, 3.05) is 0 Å². The summed E-state index contributed by atoms with van der Waals surface area (Å²) < 4.78 is 0. The summed E-state index contributed by atoms with van der Waals surface area (Å²) >= 11 is 0. The van der Waals surface area contributed by atoms with Gasteiger partial charge in [-0.25, -0.2) is 0 Å². The maximum Gasteiger partial charge on any atom is 0.237 e. The first-order chi connectivity index (χ1) is 7.00. The highest BCUT2D eigenvalue weighted by Gasteiger charge is 2.63. The summed E-state index contributed by atoms with van der Waals surface area (Å²) in [5.41, 5.74) is -1.27. The summed E-state index contributed by atoms with van der Waals surface area (Å²) in [6.07, 6.45) is 0.742. The van der Waals surface area contributed by atoms with Crippen molar-refractivity contribution >= 4 is 11.8 Å². The average Bonchev–Trinajstić information content (AvgIpc) is 2.17. The van der Waals surface area contributed by atoms with E-state index in [1.54, 1.807) is 0 Å². The molecule has 0 atom stereocenters. The predicted molar refractivity (Wildman–Crippen MR) is 63.8 cm³/mol. The Labute approximate surface area is 98.2 Å². The van der Waals surface area contributed by atoms with Crippen molar-refractivity contribution in [1.29, 1.82) is 0 Å². The second kappa shape index (κ2) is 3.31. The molecule has 0 N–H and O–H groups in total. The number of amides is 2. The van der Waals surface area contributed by atoms with Crippen LogP contribution in [0.15, 0.2) is 0 Å². The van der Waals surface area contributed by atoms with Gasteiger partial charge in [0.1, 0.15) is 0 Å². The van der Waals surface area contributed by atoms with Crippen molar-refractivity contribution in [3.05, 3.63) is 0 Å². The Balaban J connectivity index is 3.03. The first kappa shape index (κ1) is 13.2. The van der Waals surface area contributed by atoms with Crippen LogP contribution >= 0.6 is 0 Å². The number of rotatable bonds is 2. The number of imide groups is 1. The molecule has 0 spiro atoms. The minimum atomic E-state index is -0.455. The van der Waals surface area contributed by atoms with Crippen molar-refractivity contribution < 1.29 is 9.59 Å². The SMILES string of the molecule is CCC(C)(C)C(=O)N1C(=O)C(C)(C)C1(C)C. The maximum absolute atomic E-state index is 12.3. The Hall–Kier alpha value is -0.860. The van der Waals surface area contributed by atoms with Crippen molar-refractivity contribution in [1.82, 2.24) is 4.90 Å². The van der Waals surface area contributed by atoms with Crippen LogP contribution in [-0.4, -0.2) is 22.3 Å². The Morgan fingerprint density at radius 3 is 2.00 bits per heavy atom. The molecule has 1 aliphatic rings. The molecule has 0 bridgehead atoms. The molecule has 16 heavy (non-hydrogen) atoms. The summed E-state index contributed by atoms with van der Waals surface area (Å²) in [4.78, 5) is 25.7. The van der Waals surface area contributed by atoms with Crippen LogP contribution in [0.25, 0.3) is 0 Å². The van der Waals surface area contributed by atoms with E-state index in [-0.39, 0.29) is 17.4 Å². The molecule has 3 nitrogen and oxygen atoms in total. The third kappa shape index (κ3) is 1.40. The molecule has 1 rings (SSSR count). The fourth-order valence-corrected chi connectivity index (χ4v) is 1.82. The van der Waals surface area contributed by atoms with E-state index in [2.05, 4.69) is 0 Å². The second-order valence-electron chi connectivity index (χ2n) is 6.37. The largest absolute Gasteiger partial charge is 0.275 e. The van der Waals surface area contributed by atoms with Crippen molar-refractivity contribution in [2.45, 2.75) is 60.4 Å². The topological polar surface area (TPSA) is 37.4 Å². The van der Waals surface area contributed by atoms with E-state index in [4.69, 9.17) is 0 Å². The van der Waals surface area contributed by atoms with Gasteiger partial charge in [0.25, 0.3) is 0 Å². The molecule has 2 amide bonds. The van der Waals surface area contributed by atoms with Crippen LogP contribution in [0, 0.1) is 10.8 Å². The van der Waals surface area contributed by atoms with E-state index in [0.717, 1.165) is 6.42 Å². The van der Waals surface area contributed by atoms with E-state index in [0.29, 0.717) is 0 Å². The number of hydrogen-bond donors (Lipinski definition) is 0. The fourth-order valence-electron chi connectivity index (χ4n) is 1.82. The van der Waals surface area contributed by atoms with Gasteiger partial charge >= 0.3 is 0 Å². The molecular formula is C13H23NO2. The third-order valence-corrected chi connectivity index (χ3v) is 4.49. The number of hydrogen-bond acceptors (Lipinski definition) is 2. The molecular weight excluding hydrogens is 202 g/mol. The number of nitrogens with zero attached hydrogens (tertiary/aromatic N) is 1. The number of carbonyl (C=O) groups excluding carboxylic acids is 2. The Bertz CT molecular complexity index is 340. The van der Waals surface area contributed by atoms with E-state index < -0.39 is 10.8 Å². The summed E-state index contributed by atoms with van der Waals surface area (Å²) in [5.74, 6) is -0.103. The quantitative estimate of drug-likeness (QED) is 0.677. The van der Waals surface area contributed by atoms with Crippen LogP contribution in [0.3, 0.4) is 0 Å². The summed E-state index contributed by atoms with van der Waals surface area (Å²) in [7, 11) is 0. The van der Waals surface area contributed by atoms with Crippen LogP contribution in [0.1, 0.15) is 54.9 Å². The van der Waals surface area contributed by atoms with Gasteiger partial charge in [-0.15, -0.1) is 0 Å². The first-order valence-electron chi connectivity index (χ1n) is 5.89. The fraction of sp³-hybridized carbons (Fsp3) is 0.846. The second-order valence-corrected chi connectivity index (χ2v) is 6.37. The van der Waals surface area contributed by atoms with Gasteiger partial charge in [0.05, 0.1) is 11.0 Å². The first-order valence-corrected chi connectivity index (χ1v) is 5.89. The standard InChI is InChI=1S/C13H23NO2/c1-8-11(2,3)9(15)14-10(16)12(4,5)13(14,6)7/h8H2,1-7H3. The summed E-state index contributed by atoms with van der Waals surface area (Å²) in [6.45, 7) is 13.5. The molecule has 1 aliphatic heterocycles.